The van der Waals surface area contributed by atoms with Gasteiger partial charge in [-0.1, -0.05) is 43.2 Å². The Labute approximate surface area is 95.9 Å². The molecule has 2 nitrogen and oxygen atoms in total. The number of carbonyl (C=O) groups is 1. The molecular weight excluding hydrogens is 198 g/mol. The number of rotatable bonds is 3. The lowest BCUT2D eigenvalue weighted by molar-refractivity contribution is -0.123. The van der Waals surface area contributed by atoms with Crippen molar-refractivity contribution >= 4 is 5.78 Å². The highest BCUT2D eigenvalue weighted by molar-refractivity contribution is 5.90. The van der Waals surface area contributed by atoms with Gasteiger partial charge in [0.15, 0.2) is 5.78 Å². The first-order valence-electron chi connectivity index (χ1n) is 5.81. The van der Waals surface area contributed by atoms with Crippen molar-refractivity contribution in [2.45, 2.75) is 31.6 Å². The van der Waals surface area contributed by atoms with Crippen LogP contribution in [0.5, 0.6) is 0 Å². The molecule has 2 rings (SSSR count). The molecule has 0 aliphatic heterocycles. The van der Waals surface area contributed by atoms with Crippen molar-refractivity contribution in [3.63, 3.8) is 0 Å². The molecule has 0 N–H and O–H groups in total. The molecule has 0 saturated heterocycles. The van der Waals surface area contributed by atoms with E-state index in [2.05, 4.69) is 6.07 Å². The van der Waals surface area contributed by atoms with Gasteiger partial charge in [0, 0.05) is 5.92 Å². The largest absolute Gasteiger partial charge is 0.298 e. The van der Waals surface area contributed by atoms with Crippen molar-refractivity contribution in [3.05, 3.63) is 35.9 Å². The Kier molecular flexibility index (Phi) is 3.36. The predicted molar refractivity (Wildman–Crippen MR) is 61.8 cm³/mol. The number of Topliss-reactive ketones (excluding diaryl/α,β-unsaturated/α-hetero) is 1. The van der Waals surface area contributed by atoms with Crippen molar-refractivity contribution in [1.82, 2.24) is 0 Å². The maximum atomic E-state index is 12.2. The van der Waals surface area contributed by atoms with E-state index in [9.17, 15) is 4.79 Å². The summed E-state index contributed by atoms with van der Waals surface area (Å²) in [6, 6.07) is 11.5. The number of hydrogen-bond acceptors (Lipinski definition) is 2. The third-order valence-corrected chi connectivity index (χ3v) is 3.30. The molecule has 0 unspecified atom stereocenters. The minimum atomic E-state index is -0.565. The van der Waals surface area contributed by atoms with Crippen LogP contribution in [0.3, 0.4) is 0 Å². The van der Waals surface area contributed by atoms with Gasteiger partial charge in [-0.05, 0) is 18.4 Å². The van der Waals surface area contributed by atoms with Crippen LogP contribution >= 0.6 is 0 Å². The van der Waals surface area contributed by atoms with E-state index in [0.29, 0.717) is 0 Å². The fourth-order valence-electron chi connectivity index (χ4n) is 2.39. The smallest absolute Gasteiger partial charge is 0.157 e. The Bertz CT molecular complexity index is 398. The van der Waals surface area contributed by atoms with E-state index >= 15 is 0 Å². The minimum Gasteiger partial charge on any atom is -0.298 e. The molecule has 0 aromatic heterocycles. The molecule has 1 saturated carbocycles. The molecule has 16 heavy (non-hydrogen) atoms. The molecule has 82 valence electrons. The number of ketones is 1. The summed E-state index contributed by atoms with van der Waals surface area (Å²) in [6.07, 6.45) is 4.18. The molecule has 1 atom stereocenters. The van der Waals surface area contributed by atoms with Gasteiger partial charge in [0.2, 0.25) is 0 Å². The second kappa shape index (κ2) is 4.94. The van der Waals surface area contributed by atoms with E-state index in [1.807, 2.05) is 30.3 Å². The van der Waals surface area contributed by atoms with Crippen molar-refractivity contribution in [2.75, 3.05) is 0 Å². The van der Waals surface area contributed by atoms with Gasteiger partial charge in [0.1, 0.15) is 5.92 Å². The van der Waals surface area contributed by atoms with Crippen LogP contribution in [0, 0.1) is 17.2 Å². The summed E-state index contributed by atoms with van der Waals surface area (Å²) in [5.41, 5.74) is 0.835. The van der Waals surface area contributed by atoms with Gasteiger partial charge in [-0.25, -0.2) is 0 Å². The van der Waals surface area contributed by atoms with Gasteiger partial charge in [-0.3, -0.25) is 4.79 Å². The lowest BCUT2D eigenvalue weighted by Gasteiger charge is -2.13. The average molecular weight is 213 g/mol. The summed E-state index contributed by atoms with van der Waals surface area (Å²) in [4.78, 5) is 12.2. The van der Waals surface area contributed by atoms with Gasteiger partial charge in [-0.2, -0.15) is 5.26 Å². The predicted octanol–water partition coefficient (Wildman–Crippen LogP) is 3.05. The molecule has 1 aromatic rings. The highest BCUT2D eigenvalue weighted by atomic mass is 16.1. The molecular formula is C14H15NO. The van der Waals surface area contributed by atoms with Crippen LogP contribution in [0.15, 0.2) is 30.3 Å². The van der Waals surface area contributed by atoms with Crippen LogP contribution in [-0.2, 0) is 4.79 Å². The minimum absolute atomic E-state index is 0.116. The number of nitrogens with zero attached hydrogens (tertiary/aromatic N) is 1. The first kappa shape index (κ1) is 10.9. The van der Waals surface area contributed by atoms with Crippen LogP contribution in [0.2, 0.25) is 0 Å². The molecule has 1 aliphatic rings. The maximum absolute atomic E-state index is 12.2. The summed E-state index contributed by atoms with van der Waals surface area (Å²) < 4.78 is 0. The van der Waals surface area contributed by atoms with Gasteiger partial charge in [0.05, 0.1) is 6.07 Å². The number of benzene rings is 1. The maximum Gasteiger partial charge on any atom is 0.157 e. The van der Waals surface area contributed by atoms with Crippen molar-refractivity contribution in [3.8, 4) is 6.07 Å². The fourth-order valence-corrected chi connectivity index (χ4v) is 2.39. The second-order valence-electron chi connectivity index (χ2n) is 4.36. The Hall–Kier alpha value is -1.62. The van der Waals surface area contributed by atoms with E-state index in [-0.39, 0.29) is 11.7 Å². The second-order valence-corrected chi connectivity index (χ2v) is 4.36. The zero-order valence-corrected chi connectivity index (χ0v) is 9.23. The van der Waals surface area contributed by atoms with E-state index in [1.165, 1.54) is 0 Å². The first-order valence-corrected chi connectivity index (χ1v) is 5.81. The summed E-state index contributed by atoms with van der Waals surface area (Å²) in [6.45, 7) is 0. The van der Waals surface area contributed by atoms with Gasteiger partial charge in [-0.15, -0.1) is 0 Å². The highest BCUT2D eigenvalue weighted by Crippen LogP contribution is 2.30. The first-order chi connectivity index (χ1) is 7.83. The third kappa shape index (κ3) is 2.14. The van der Waals surface area contributed by atoms with Crippen molar-refractivity contribution < 1.29 is 4.79 Å². The standard InChI is InChI=1S/C14H15NO/c15-10-13(11-6-2-1-3-7-11)14(16)12-8-4-5-9-12/h1-3,6-7,12-13H,4-5,8-9H2/t13-/m1/s1. The molecule has 0 spiro atoms. The van der Waals surface area contributed by atoms with Crippen molar-refractivity contribution in [1.29, 1.82) is 5.26 Å². The molecule has 0 heterocycles. The van der Waals surface area contributed by atoms with E-state index < -0.39 is 5.92 Å². The van der Waals surface area contributed by atoms with Crippen LogP contribution in [-0.4, -0.2) is 5.78 Å². The van der Waals surface area contributed by atoms with Crippen LogP contribution < -0.4 is 0 Å². The summed E-state index contributed by atoms with van der Waals surface area (Å²) >= 11 is 0. The average Bonchev–Trinajstić information content (AvgIpc) is 2.85. The van der Waals surface area contributed by atoms with E-state index in [1.54, 1.807) is 0 Å². The Morgan fingerprint density at radius 3 is 2.44 bits per heavy atom. The SMILES string of the molecule is N#C[C@@H](C(=O)C1CCCC1)c1ccccc1. The Balaban J connectivity index is 2.17. The molecule has 0 amide bonds. The quantitative estimate of drug-likeness (QED) is 0.774. The zero-order valence-electron chi connectivity index (χ0n) is 9.23. The molecule has 0 radical (unpaired) electrons. The third-order valence-electron chi connectivity index (χ3n) is 3.30. The number of hydrogen-bond donors (Lipinski definition) is 0. The van der Waals surface area contributed by atoms with Gasteiger partial charge < -0.3 is 0 Å². The number of carbonyl (C=O) groups excluding carboxylic acids is 1. The van der Waals surface area contributed by atoms with Crippen LogP contribution in [0.1, 0.15) is 37.2 Å². The van der Waals surface area contributed by atoms with Crippen LogP contribution in [0.4, 0.5) is 0 Å². The van der Waals surface area contributed by atoms with E-state index in [0.717, 1.165) is 31.2 Å². The summed E-state index contributed by atoms with van der Waals surface area (Å²) in [5, 5.41) is 9.14. The molecule has 0 bridgehead atoms. The Morgan fingerprint density at radius 2 is 1.88 bits per heavy atom. The van der Waals surface area contributed by atoms with Gasteiger partial charge >= 0.3 is 0 Å². The monoisotopic (exact) mass is 213 g/mol. The molecule has 1 aromatic carbocycles. The fraction of sp³-hybridized carbons (Fsp3) is 0.429. The van der Waals surface area contributed by atoms with Crippen molar-refractivity contribution in [2.24, 2.45) is 5.92 Å². The summed E-state index contributed by atoms with van der Waals surface area (Å²) in [7, 11) is 0. The van der Waals surface area contributed by atoms with Crippen LogP contribution in [0.25, 0.3) is 0 Å². The topological polar surface area (TPSA) is 40.9 Å². The Morgan fingerprint density at radius 1 is 1.25 bits per heavy atom. The highest BCUT2D eigenvalue weighted by Gasteiger charge is 2.29. The molecule has 2 heteroatoms. The van der Waals surface area contributed by atoms with E-state index in [4.69, 9.17) is 5.26 Å². The summed E-state index contributed by atoms with van der Waals surface area (Å²) in [5.74, 6) is -0.333. The van der Waals surface area contributed by atoms with Gasteiger partial charge in [0.25, 0.3) is 0 Å². The zero-order chi connectivity index (χ0) is 11.4. The number of nitriles is 1. The normalized spacial score (nSPS) is 17.9. The molecule has 1 aliphatic carbocycles. The lowest BCUT2D eigenvalue weighted by atomic mass is 9.87. The molecule has 1 fully saturated rings. The lowest BCUT2D eigenvalue weighted by Crippen LogP contribution is -2.18.